The van der Waals surface area contributed by atoms with Gasteiger partial charge in [-0.2, -0.15) is 0 Å². The molecule has 0 aliphatic carbocycles. The molecular formula is C20H23ClN2O4S. The van der Waals surface area contributed by atoms with Gasteiger partial charge in [0.25, 0.3) is 5.91 Å². The number of ether oxygens (including phenoxy) is 1. The maximum Gasteiger partial charge on any atom is 0.255 e. The van der Waals surface area contributed by atoms with Crippen LogP contribution in [-0.2, 0) is 10.0 Å². The normalized spacial score (nSPS) is 15.6. The predicted molar refractivity (Wildman–Crippen MR) is 112 cm³/mol. The summed E-state index contributed by atoms with van der Waals surface area (Å²) in [6.45, 7) is 5.13. The Bertz CT molecular complexity index is 959. The van der Waals surface area contributed by atoms with Crippen molar-refractivity contribution in [2.75, 3.05) is 28.5 Å². The lowest BCUT2D eigenvalue weighted by molar-refractivity contribution is 0.102. The van der Waals surface area contributed by atoms with Gasteiger partial charge in [-0.05, 0) is 54.8 Å². The average Bonchev–Trinajstić information content (AvgIpc) is 3.00. The molecule has 8 heteroatoms. The van der Waals surface area contributed by atoms with Gasteiger partial charge in [0.05, 0.1) is 23.1 Å². The Morgan fingerprint density at radius 3 is 2.50 bits per heavy atom. The van der Waals surface area contributed by atoms with Crippen molar-refractivity contribution < 1.29 is 17.9 Å². The highest BCUT2D eigenvalue weighted by Gasteiger charge is 2.28. The summed E-state index contributed by atoms with van der Waals surface area (Å²) in [6, 6.07) is 11.6. The molecule has 2 aromatic carbocycles. The van der Waals surface area contributed by atoms with Crippen molar-refractivity contribution in [2.24, 2.45) is 5.92 Å². The average molecular weight is 423 g/mol. The number of nitrogens with one attached hydrogen (secondary N) is 1. The van der Waals surface area contributed by atoms with E-state index in [1.807, 2.05) is 13.8 Å². The van der Waals surface area contributed by atoms with Gasteiger partial charge in [-0.25, -0.2) is 8.42 Å². The molecule has 1 amide bonds. The Kier molecular flexibility index (Phi) is 6.15. The zero-order valence-corrected chi connectivity index (χ0v) is 17.4. The van der Waals surface area contributed by atoms with E-state index in [-0.39, 0.29) is 11.7 Å². The van der Waals surface area contributed by atoms with Crippen molar-refractivity contribution in [3.63, 3.8) is 0 Å². The van der Waals surface area contributed by atoms with Crippen LogP contribution in [0.2, 0.25) is 5.02 Å². The Hall–Kier alpha value is -2.25. The van der Waals surface area contributed by atoms with Gasteiger partial charge in [0.2, 0.25) is 10.0 Å². The molecule has 1 N–H and O–H groups in total. The van der Waals surface area contributed by atoms with Gasteiger partial charge < -0.3 is 10.1 Å². The highest BCUT2D eigenvalue weighted by molar-refractivity contribution is 7.93. The second-order valence-electron chi connectivity index (χ2n) is 7.09. The van der Waals surface area contributed by atoms with Gasteiger partial charge in [0, 0.05) is 17.8 Å². The molecule has 150 valence electrons. The van der Waals surface area contributed by atoms with Crippen molar-refractivity contribution in [3.05, 3.63) is 53.1 Å². The molecular weight excluding hydrogens is 400 g/mol. The molecule has 1 aliphatic heterocycles. The van der Waals surface area contributed by atoms with Crippen molar-refractivity contribution >= 4 is 38.9 Å². The van der Waals surface area contributed by atoms with Crippen LogP contribution in [0.4, 0.5) is 11.4 Å². The second-order valence-corrected chi connectivity index (χ2v) is 9.51. The lowest BCUT2D eigenvalue weighted by Gasteiger charge is -2.17. The van der Waals surface area contributed by atoms with Crippen molar-refractivity contribution in [3.8, 4) is 5.75 Å². The monoisotopic (exact) mass is 422 g/mol. The lowest BCUT2D eigenvalue weighted by atomic mass is 10.2. The first kappa shape index (κ1) is 20.5. The Labute approximate surface area is 170 Å². The quantitative estimate of drug-likeness (QED) is 0.758. The summed E-state index contributed by atoms with van der Waals surface area (Å²) in [5.41, 5.74) is 1.55. The molecule has 1 saturated heterocycles. The Balaban J connectivity index is 1.67. The topological polar surface area (TPSA) is 75.7 Å². The third-order valence-corrected chi connectivity index (χ3v) is 6.44. The van der Waals surface area contributed by atoms with Gasteiger partial charge in [-0.1, -0.05) is 25.4 Å². The molecule has 2 aromatic rings. The van der Waals surface area contributed by atoms with Gasteiger partial charge in [-0.3, -0.25) is 9.10 Å². The number of halogens is 1. The van der Waals surface area contributed by atoms with Gasteiger partial charge in [0.1, 0.15) is 5.75 Å². The third-order valence-electron chi connectivity index (χ3n) is 4.28. The molecule has 1 aliphatic rings. The lowest BCUT2D eigenvalue weighted by Crippen LogP contribution is -2.25. The number of benzene rings is 2. The standard InChI is InChI=1S/C20H23ClN2O4S/c1-14(2)13-27-19-9-6-16(12-18(19)21)22-20(24)15-4-7-17(8-5-15)23-10-3-11-28(23,25)26/h4-9,12,14H,3,10-11,13H2,1-2H3,(H,22,24). The molecule has 0 saturated carbocycles. The zero-order chi connectivity index (χ0) is 20.3. The van der Waals surface area contributed by atoms with E-state index in [0.717, 1.165) is 0 Å². The van der Waals surface area contributed by atoms with E-state index >= 15 is 0 Å². The summed E-state index contributed by atoms with van der Waals surface area (Å²) in [5, 5.41) is 3.21. The fourth-order valence-corrected chi connectivity index (χ4v) is 4.66. The third kappa shape index (κ3) is 4.77. The maximum absolute atomic E-state index is 12.5. The number of nitrogens with zero attached hydrogens (tertiary/aromatic N) is 1. The van der Waals surface area contributed by atoms with Crippen LogP contribution in [0.15, 0.2) is 42.5 Å². The van der Waals surface area contributed by atoms with Crippen LogP contribution in [0.5, 0.6) is 5.75 Å². The minimum Gasteiger partial charge on any atom is -0.492 e. The number of hydrogen-bond acceptors (Lipinski definition) is 4. The number of sulfonamides is 1. The van der Waals surface area contributed by atoms with E-state index in [1.54, 1.807) is 42.5 Å². The number of amides is 1. The molecule has 0 bridgehead atoms. The van der Waals surface area contributed by atoms with Crippen LogP contribution in [-0.4, -0.2) is 33.2 Å². The second kappa shape index (κ2) is 8.41. The van der Waals surface area contributed by atoms with E-state index in [1.165, 1.54) is 4.31 Å². The summed E-state index contributed by atoms with van der Waals surface area (Å²) in [7, 11) is -3.23. The van der Waals surface area contributed by atoms with Crippen LogP contribution in [0.25, 0.3) is 0 Å². The molecule has 28 heavy (non-hydrogen) atoms. The van der Waals surface area contributed by atoms with Crippen LogP contribution in [0.3, 0.4) is 0 Å². The summed E-state index contributed by atoms with van der Waals surface area (Å²) in [5.74, 6) is 0.814. The van der Waals surface area contributed by atoms with Crippen molar-refractivity contribution in [1.82, 2.24) is 0 Å². The summed E-state index contributed by atoms with van der Waals surface area (Å²) in [6.07, 6.45) is 0.613. The van der Waals surface area contributed by atoms with Crippen LogP contribution in [0, 0.1) is 5.92 Å². The molecule has 6 nitrogen and oxygen atoms in total. The minimum atomic E-state index is -3.23. The van der Waals surface area contributed by atoms with Crippen LogP contribution < -0.4 is 14.4 Å². The van der Waals surface area contributed by atoms with Gasteiger partial charge >= 0.3 is 0 Å². The van der Waals surface area contributed by atoms with Crippen molar-refractivity contribution in [2.45, 2.75) is 20.3 Å². The summed E-state index contributed by atoms with van der Waals surface area (Å²) in [4.78, 5) is 12.5. The van der Waals surface area contributed by atoms with E-state index in [4.69, 9.17) is 16.3 Å². The molecule has 0 atom stereocenters. The molecule has 3 rings (SSSR count). The number of carbonyl (C=O) groups excluding carboxylic acids is 1. The summed E-state index contributed by atoms with van der Waals surface area (Å²) < 4.78 is 31.0. The highest BCUT2D eigenvalue weighted by atomic mass is 35.5. The molecule has 0 unspecified atom stereocenters. The smallest absolute Gasteiger partial charge is 0.255 e. The SMILES string of the molecule is CC(C)COc1ccc(NC(=O)c2ccc(N3CCCS3(=O)=O)cc2)cc1Cl. The zero-order valence-electron chi connectivity index (χ0n) is 15.8. The number of rotatable bonds is 6. The van der Waals surface area contributed by atoms with Crippen LogP contribution in [0.1, 0.15) is 30.6 Å². The molecule has 0 radical (unpaired) electrons. The Morgan fingerprint density at radius 1 is 1.21 bits per heavy atom. The first-order chi connectivity index (χ1) is 13.3. The Morgan fingerprint density at radius 2 is 1.93 bits per heavy atom. The number of anilines is 2. The number of hydrogen-bond donors (Lipinski definition) is 1. The van der Waals surface area contributed by atoms with E-state index in [9.17, 15) is 13.2 Å². The largest absolute Gasteiger partial charge is 0.492 e. The van der Waals surface area contributed by atoms with E-state index in [2.05, 4.69) is 5.32 Å². The molecule has 0 spiro atoms. The van der Waals surface area contributed by atoms with Gasteiger partial charge in [0.15, 0.2) is 0 Å². The first-order valence-corrected chi connectivity index (χ1v) is 11.1. The highest BCUT2D eigenvalue weighted by Crippen LogP contribution is 2.29. The van der Waals surface area contributed by atoms with E-state index < -0.39 is 10.0 Å². The minimum absolute atomic E-state index is 0.160. The molecule has 1 fully saturated rings. The van der Waals surface area contributed by atoms with Gasteiger partial charge in [-0.15, -0.1) is 0 Å². The molecule has 1 heterocycles. The predicted octanol–water partition coefficient (Wildman–Crippen LogP) is 4.17. The van der Waals surface area contributed by atoms with E-state index in [0.29, 0.717) is 53.2 Å². The van der Waals surface area contributed by atoms with Crippen molar-refractivity contribution in [1.29, 1.82) is 0 Å². The molecule has 0 aromatic heterocycles. The summed E-state index contributed by atoms with van der Waals surface area (Å²) >= 11 is 6.22. The van der Waals surface area contributed by atoms with Crippen LogP contribution >= 0.6 is 11.6 Å². The number of carbonyl (C=O) groups is 1. The fourth-order valence-electron chi connectivity index (χ4n) is 2.86. The first-order valence-electron chi connectivity index (χ1n) is 9.10. The fraction of sp³-hybridized carbons (Fsp3) is 0.350. The maximum atomic E-state index is 12.5.